The van der Waals surface area contributed by atoms with Gasteiger partial charge in [0.2, 0.25) is 0 Å². The van der Waals surface area contributed by atoms with Gasteiger partial charge in [-0.15, -0.1) is 0 Å². The lowest BCUT2D eigenvalue weighted by molar-refractivity contribution is 0.00734. The maximum atomic E-state index is 10.7. The van der Waals surface area contributed by atoms with Gasteiger partial charge in [0, 0.05) is 18.2 Å². The van der Waals surface area contributed by atoms with Gasteiger partial charge in [-0.05, 0) is 54.3 Å². The highest BCUT2D eigenvalue weighted by Crippen LogP contribution is 2.58. The van der Waals surface area contributed by atoms with Crippen LogP contribution < -0.4 is 0 Å². The summed E-state index contributed by atoms with van der Waals surface area (Å²) in [4.78, 5) is 2.57. The molecule has 4 heteroatoms. The Morgan fingerprint density at radius 1 is 1.17 bits per heavy atom. The normalized spacial score (nSPS) is 26.7. The fraction of sp³-hybridized carbons (Fsp3) is 0.520. The molecule has 1 aliphatic carbocycles. The molecule has 2 aromatic rings. The van der Waals surface area contributed by atoms with Gasteiger partial charge in [0.15, 0.2) is 0 Å². The largest absolute Gasteiger partial charge is 0.506 e. The smallest absolute Gasteiger partial charge is 0.137 e. The zero-order valence-corrected chi connectivity index (χ0v) is 18.7. The number of halogens is 1. The van der Waals surface area contributed by atoms with Crippen LogP contribution in [0.4, 0.5) is 0 Å². The summed E-state index contributed by atoms with van der Waals surface area (Å²) in [5.41, 5.74) is 3.59. The number of fused-ring (bicyclic) bond motifs is 2. The van der Waals surface area contributed by atoms with Crippen molar-refractivity contribution < 1.29 is 9.84 Å². The third-order valence-corrected chi connectivity index (χ3v) is 8.00. The molecule has 0 saturated carbocycles. The lowest BCUT2D eigenvalue weighted by atomic mass is 9.54. The Kier molecular flexibility index (Phi) is 5.43. The molecule has 1 heterocycles. The molecule has 2 aromatic carbocycles. The molecule has 1 fully saturated rings. The van der Waals surface area contributed by atoms with Crippen molar-refractivity contribution in [3.8, 4) is 5.75 Å². The van der Waals surface area contributed by atoms with Crippen LogP contribution >= 0.6 is 11.6 Å². The molecule has 2 unspecified atom stereocenters. The number of hydrogen-bond acceptors (Lipinski definition) is 3. The molecular formula is C25H32ClNO2. The Bertz CT molecular complexity index is 882. The summed E-state index contributed by atoms with van der Waals surface area (Å²) >= 11 is 6.25. The van der Waals surface area contributed by atoms with E-state index in [0.29, 0.717) is 17.7 Å². The molecule has 0 bridgehead atoms. The van der Waals surface area contributed by atoms with Gasteiger partial charge < -0.3 is 9.84 Å². The van der Waals surface area contributed by atoms with Gasteiger partial charge in [0.25, 0.3) is 0 Å². The molecule has 29 heavy (non-hydrogen) atoms. The minimum absolute atomic E-state index is 0.0315. The van der Waals surface area contributed by atoms with Crippen LogP contribution in [0.2, 0.25) is 5.02 Å². The highest BCUT2D eigenvalue weighted by atomic mass is 35.5. The Morgan fingerprint density at radius 3 is 2.62 bits per heavy atom. The first-order chi connectivity index (χ1) is 13.7. The number of ether oxygens (including phenoxy) is 1. The lowest BCUT2D eigenvalue weighted by Gasteiger charge is -2.52. The molecule has 3 atom stereocenters. The zero-order valence-electron chi connectivity index (χ0n) is 17.9. The number of phenols is 1. The third kappa shape index (κ3) is 3.48. The van der Waals surface area contributed by atoms with E-state index in [9.17, 15) is 5.11 Å². The van der Waals surface area contributed by atoms with E-state index in [0.717, 1.165) is 31.5 Å². The standard InChI is InChI=1S/C25H32ClNO2/c1-17(29-16-18-8-6-5-7-9-18)15-27-13-12-25(4)22(27)14-19-20(24(25,2)3)10-11-21(26)23(19)28/h5-11,17,22,28H,12-16H2,1-4H3/t17-,22?,25?/m1/s1. The Balaban J connectivity index is 1.53. The third-order valence-electron chi connectivity index (χ3n) is 7.70. The average Bonchev–Trinajstić information content (AvgIpc) is 3.02. The molecule has 0 amide bonds. The van der Waals surface area contributed by atoms with Gasteiger partial charge in [-0.2, -0.15) is 0 Å². The SMILES string of the molecule is C[C@H](CN1CCC2(C)C1Cc1c(ccc(Cl)c1O)C2(C)C)OCc1ccccc1. The fourth-order valence-electron chi connectivity index (χ4n) is 5.50. The summed E-state index contributed by atoms with van der Waals surface area (Å²) in [5.74, 6) is 0.263. The molecule has 1 aliphatic heterocycles. The summed E-state index contributed by atoms with van der Waals surface area (Å²) in [5, 5.41) is 11.1. The van der Waals surface area contributed by atoms with Crippen LogP contribution in [-0.4, -0.2) is 35.2 Å². The number of hydrogen-bond donors (Lipinski definition) is 1. The van der Waals surface area contributed by atoms with Crippen LogP contribution in [0, 0.1) is 5.41 Å². The van der Waals surface area contributed by atoms with Crippen LogP contribution in [0.1, 0.15) is 50.8 Å². The van der Waals surface area contributed by atoms with Crippen molar-refractivity contribution in [1.82, 2.24) is 4.90 Å². The topological polar surface area (TPSA) is 32.7 Å². The van der Waals surface area contributed by atoms with Gasteiger partial charge >= 0.3 is 0 Å². The van der Waals surface area contributed by atoms with E-state index in [1.807, 2.05) is 12.1 Å². The van der Waals surface area contributed by atoms with Crippen LogP contribution in [0.15, 0.2) is 42.5 Å². The van der Waals surface area contributed by atoms with Crippen molar-refractivity contribution in [3.63, 3.8) is 0 Å². The second-order valence-corrected chi connectivity index (χ2v) is 9.94. The maximum Gasteiger partial charge on any atom is 0.137 e. The summed E-state index contributed by atoms with van der Waals surface area (Å²) in [6.45, 7) is 11.8. The van der Waals surface area contributed by atoms with Crippen molar-refractivity contribution in [2.24, 2.45) is 5.41 Å². The zero-order chi connectivity index (χ0) is 20.8. The molecule has 1 N–H and O–H groups in total. The van der Waals surface area contributed by atoms with E-state index >= 15 is 0 Å². The number of nitrogens with zero attached hydrogens (tertiary/aromatic N) is 1. The van der Waals surface area contributed by atoms with Gasteiger partial charge in [-0.25, -0.2) is 0 Å². The summed E-state index contributed by atoms with van der Waals surface area (Å²) in [7, 11) is 0. The predicted octanol–water partition coefficient (Wildman–Crippen LogP) is 5.57. The van der Waals surface area contributed by atoms with Crippen molar-refractivity contribution >= 4 is 11.6 Å². The van der Waals surface area contributed by atoms with E-state index in [1.54, 1.807) is 0 Å². The second kappa shape index (κ2) is 7.61. The van der Waals surface area contributed by atoms with E-state index in [2.05, 4.69) is 62.9 Å². The van der Waals surface area contributed by atoms with Crippen molar-refractivity contribution in [2.45, 2.75) is 64.7 Å². The van der Waals surface area contributed by atoms with Crippen molar-refractivity contribution in [1.29, 1.82) is 0 Å². The van der Waals surface area contributed by atoms with Crippen LogP contribution in [0.25, 0.3) is 0 Å². The Hall–Kier alpha value is -1.55. The summed E-state index contributed by atoms with van der Waals surface area (Å²) in [6, 6.07) is 14.7. The molecule has 3 nitrogen and oxygen atoms in total. The second-order valence-electron chi connectivity index (χ2n) is 9.54. The van der Waals surface area contributed by atoms with E-state index < -0.39 is 0 Å². The minimum Gasteiger partial charge on any atom is -0.506 e. The highest BCUT2D eigenvalue weighted by Gasteiger charge is 2.57. The van der Waals surface area contributed by atoms with E-state index in [-0.39, 0.29) is 22.7 Å². The molecule has 0 aromatic heterocycles. The van der Waals surface area contributed by atoms with Gasteiger partial charge in [-0.1, -0.05) is 68.8 Å². The number of likely N-dealkylation sites (tertiary alicyclic amines) is 1. The number of rotatable bonds is 5. The number of aromatic hydroxyl groups is 1. The van der Waals surface area contributed by atoms with E-state index in [4.69, 9.17) is 16.3 Å². The van der Waals surface area contributed by atoms with Crippen LogP contribution in [-0.2, 0) is 23.2 Å². The minimum atomic E-state index is -0.0315. The van der Waals surface area contributed by atoms with Crippen molar-refractivity contribution in [3.05, 3.63) is 64.2 Å². The fourth-order valence-corrected chi connectivity index (χ4v) is 5.68. The van der Waals surface area contributed by atoms with Gasteiger partial charge in [0.1, 0.15) is 5.75 Å². The highest BCUT2D eigenvalue weighted by molar-refractivity contribution is 6.32. The first-order valence-electron chi connectivity index (χ1n) is 10.6. The van der Waals surface area contributed by atoms with Gasteiger partial charge in [0.05, 0.1) is 17.7 Å². The number of phenolic OH excluding ortho intramolecular Hbond substituents is 1. The van der Waals surface area contributed by atoms with Crippen molar-refractivity contribution in [2.75, 3.05) is 13.1 Å². The molecule has 156 valence electrons. The quantitative estimate of drug-likeness (QED) is 0.695. The molecular weight excluding hydrogens is 382 g/mol. The number of benzene rings is 2. The molecule has 0 spiro atoms. The molecule has 2 aliphatic rings. The molecule has 0 radical (unpaired) electrons. The van der Waals surface area contributed by atoms with E-state index in [1.165, 1.54) is 11.1 Å². The van der Waals surface area contributed by atoms with Crippen LogP contribution in [0.3, 0.4) is 0 Å². The Labute approximate surface area is 179 Å². The summed E-state index contributed by atoms with van der Waals surface area (Å²) < 4.78 is 6.15. The van der Waals surface area contributed by atoms with Crippen LogP contribution in [0.5, 0.6) is 5.75 Å². The lowest BCUT2D eigenvalue weighted by Crippen LogP contribution is -2.54. The predicted molar refractivity (Wildman–Crippen MR) is 119 cm³/mol. The monoisotopic (exact) mass is 413 g/mol. The summed E-state index contributed by atoms with van der Waals surface area (Å²) in [6.07, 6.45) is 2.14. The molecule has 1 saturated heterocycles. The first kappa shape index (κ1) is 20.7. The average molecular weight is 414 g/mol. The maximum absolute atomic E-state index is 10.7. The van der Waals surface area contributed by atoms with Gasteiger partial charge in [-0.3, -0.25) is 4.90 Å². The first-order valence-corrected chi connectivity index (χ1v) is 11.0. The molecule has 4 rings (SSSR count). The Morgan fingerprint density at radius 2 is 1.90 bits per heavy atom.